The molecule has 2 rings (SSSR count). The number of ether oxygens (including phenoxy) is 1. The molecule has 0 aliphatic rings. The number of amides is 1. The summed E-state index contributed by atoms with van der Waals surface area (Å²) < 4.78 is 5.98. The molecular weight excluding hydrogens is 316 g/mol. The highest BCUT2D eigenvalue weighted by Gasteiger charge is 2.19. The monoisotopic (exact) mass is 340 g/mol. The van der Waals surface area contributed by atoms with Crippen LogP contribution < -0.4 is 10.1 Å². The second kappa shape index (κ2) is 7.83. The molecule has 0 saturated carbocycles. The Labute approximate surface area is 148 Å². The molecule has 0 heterocycles. The van der Waals surface area contributed by atoms with E-state index in [1.807, 2.05) is 36.4 Å². The van der Waals surface area contributed by atoms with E-state index in [1.54, 1.807) is 19.2 Å². The maximum absolute atomic E-state index is 12.1. The van der Waals surface area contributed by atoms with Crippen molar-refractivity contribution in [3.63, 3.8) is 0 Å². The topological polar surface area (TPSA) is 59.9 Å². The molecule has 0 fully saturated rings. The molecule has 25 heavy (non-hydrogen) atoms. The number of rotatable bonds is 5. The van der Waals surface area contributed by atoms with Crippen molar-refractivity contribution in [2.45, 2.75) is 26.2 Å². The maximum Gasteiger partial charge on any atom is 0.273 e. The van der Waals surface area contributed by atoms with Gasteiger partial charge in [-0.3, -0.25) is 4.79 Å². The van der Waals surface area contributed by atoms with Crippen LogP contribution in [0.15, 0.2) is 53.7 Å². The Balaban J connectivity index is 2.35. The van der Waals surface area contributed by atoms with Gasteiger partial charge in [-0.1, -0.05) is 50.2 Å². The van der Waals surface area contributed by atoms with Crippen LogP contribution in [0.5, 0.6) is 11.5 Å². The molecule has 5 nitrogen and oxygen atoms in total. The number of nitrogens with zero attached hydrogens (tertiary/aromatic N) is 1. The first-order valence-electron chi connectivity index (χ1n) is 8.08. The molecule has 5 heteroatoms. The largest absolute Gasteiger partial charge is 0.457 e. The second-order valence-electron chi connectivity index (χ2n) is 6.57. The summed E-state index contributed by atoms with van der Waals surface area (Å²) in [5.74, 6) is 0.875. The molecule has 0 aromatic heterocycles. The maximum atomic E-state index is 12.1. The summed E-state index contributed by atoms with van der Waals surface area (Å²) in [7, 11) is 2.94. The fraction of sp³-hybridized carbons (Fsp3) is 0.300. The fourth-order valence-corrected chi connectivity index (χ4v) is 2.32. The van der Waals surface area contributed by atoms with Gasteiger partial charge in [0, 0.05) is 7.05 Å². The van der Waals surface area contributed by atoms with Crippen LogP contribution in [0.2, 0.25) is 0 Å². The van der Waals surface area contributed by atoms with Crippen LogP contribution in [0.25, 0.3) is 0 Å². The highest BCUT2D eigenvalue weighted by atomic mass is 16.6. The first-order valence-corrected chi connectivity index (χ1v) is 8.08. The molecule has 0 spiro atoms. The summed E-state index contributed by atoms with van der Waals surface area (Å²) in [5, 5.41) is 6.40. The highest BCUT2D eigenvalue weighted by molar-refractivity contribution is 6.45. The van der Waals surface area contributed by atoms with E-state index in [1.165, 1.54) is 12.7 Å². The summed E-state index contributed by atoms with van der Waals surface area (Å²) in [6.07, 6.45) is 0. The summed E-state index contributed by atoms with van der Waals surface area (Å²) in [6.45, 7) is 6.49. The molecule has 0 aliphatic heterocycles. The molecule has 2 aromatic carbocycles. The minimum absolute atomic E-state index is 0.0773. The number of carbonyl (C=O) groups is 1. The van der Waals surface area contributed by atoms with Crippen molar-refractivity contribution < 1.29 is 14.4 Å². The summed E-state index contributed by atoms with van der Waals surface area (Å²) in [4.78, 5) is 16.9. The van der Waals surface area contributed by atoms with Gasteiger partial charge >= 0.3 is 0 Å². The number of benzene rings is 2. The predicted octanol–water partition coefficient (Wildman–Crippen LogP) is 3.87. The fourth-order valence-electron chi connectivity index (χ4n) is 2.32. The lowest BCUT2D eigenvalue weighted by atomic mass is 9.87. The number of hydrogen-bond donors (Lipinski definition) is 1. The molecule has 0 bridgehead atoms. The van der Waals surface area contributed by atoms with E-state index >= 15 is 0 Å². The van der Waals surface area contributed by atoms with Crippen molar-refractivity contribution >= 4 is 11.6 Å². The first-order chi connectivity index (χ1) is 11.9. The zero-order chi connectivity index (χ0) is 18.4. The van der Waals surface area contributed by atoms with Crippen molar-refractivity contribution in [1.29, 1.82) is 0 Å². The number of hydrogen-bond acceptors (Lipinski definition) is 4. The van der Waals surface area contributed by atoms with Crippen LogP contribution in [0.3, 0.4) is 0 Å². The molecule has 132 valence electrons. The SMILES string of the molecule is CNC(=O)C(=NOC)c1ccccc1Oc1ccc(C(C)(C)C)cc1. The molecule has 1 amide bonds. The second-order valence-corrected chi connectivity index (χ2v) is 6.57. The van der Waals surface area contributed by atoms with Crippen LogP contribution in [0, 0.1) is 0 Å². The minimum atomic E-state index is -0.346. The van der Waals surface area contributed by atoms with Gasteiger partial charge in [0.25, 0.3) is 5.91 Å². The van der Waals surface area contributed by atoms with Gasteiger partial charge in [0.05, 0.1) is 5.56 Å². The number of oxime groups is 1. The van der Waals surface area contributed by atoms with Crippen LogP contribution >= 0.6 is 0 Å². The Hall–Kier alpha value is -2.82. The molecular formula is C20H24N2O3. The van der Waals surface area contributed by atoms with Gasteiger partial charge in [0.1, 0.15) is 18.6 Å². The Kier molecular flexibility index (Phi) is 5.80. The van der Waals surface area contributed by atoms with Gasteiger partial charge in [-0.25, -0.2) is 0 Å². The molecule has 0 saturated heterocycles. The van der Waals surface area contributed by atoms with Crippen LogP contribution in [0.1, 0.15) is 31.9 Å². The third kappa shape index (κ3) is 4.59. The van der Waals surface area contributed by atoms with Crippen molar-refractivity contribution in [3.05, 3.63) is 59.7 Å². The Bertz CT molecular complexity index is 759. The van der Waals surface area contributed by atoms with Gasteiger partial charge < -0.3 is 14.9 Å². The number of carbonyl (C=O) groups excluding carboxylic acids is 1. The molecule has 0 radical (unpaired) electrons. The van der Waals surface area contributed by atoms with E-state index in [2.05, 4.69) is 31.2 Å². The van der Waals surface area contributed by atoms with Crippen molar-refractivity contribution in [1.82, 2.24) is 5.32 Å². The van der Waals surface area contributed by atoms with Crippen molar-refractivity contribution in [2.75, 3.05) is 14.2 Å². The van der Waals surface area contributed by atoms with E-state index in [4.69, 9.17) is 9.57 Å². The van der Waals surface area contributed by atoms with E-state index in [0.29, 0.717) is 17.1 Å². The lowest BCUT2D eigenvalue weighted by molar-refractivity contribution is -0.114. The predicted molar refractivity (Wildman–Crippen MR) is 99.3 cm³/mol. The van der Waals surface area contributed by atoms with E-state index in [-0.39, 0.29) is 17.0 Å². The molecule has 0 aliphatic carbocycles. The van der Waals surface area contributed by atoms with Gasteiger partial charge in [-0.15, -0.1) is 0 Å². The van der Waals surface area contributed by atoms with Crippen LogP contribution in [-0.4, -0.2) is 25.8 Å². The molecule has 2 aromatic rings. The van der Waals surface area contributed by atoms with E-state index in [0.717, 1.165) is 0 Å². The summed E-state index contributed by atoms with van der Waals surface area (Å²) in [6, 6.07) is 15.2. The van der Waals surface area contributed by atoms with Gasteiger partial charge in [-0.2, -0.15) is 0 Å². The molecule has 1 N–H and O–H groups in total. The third-order valence-electron chi connectivity index (χ3n) is 3.72. The quantitative estimate of drug-likeness (QED) is 0.664. The zero-order valence-corrected chi connectivity index (χ0v) is 15.3. The Morgan fingerprint density at radius 1 is 1.04 bits per heavy atom. The van der Waals surface area contributed by atoms with Crippen molar-refractivity contribution in [3.8, 4) is 11.5 Å². The number of nitrogens with one attached hydrogen (secondary N) is 1. The lowest BCUT2D eigenvalue weighted by Crippen LogP contribution is -2.28. The average molecular weight is 340 g/mol. The number of para-hydroxylation sites is 1. The normalized spacial score (nSPS) is 11.8. The standard InChI is InChI=1S/C20H24N2O3/c1-20(2,3)14-10-12-15(13-11-14)25-17-9-7-6-8-16(17)18(22-24-5)19(23)21-4/h6-13H,1-5H3,(H,21,23). The smallest absolute Gasteiger partial charge is 0.273 e. The third-order valence-corrected chi connectivity index (χ3v) is 3.72. The van der Waals surface area contributed by atoms with Crippen LogP contribution in [0.4, 0.5) is 0 Å². The summed E-state index contributed by atoms with van der Waals surface area (Å²) >= 11 is 0. The minimum Gasteiger partial charge on any atom is -0.457 e. The first kappa shape index (κ1) is 18.5. The number of likely N-dealkylation sites (N-methyl/N-ethyl adjacent to an activating group) is 1. The van der Waals surface area contributed by atoms with Gasteiger partial charge in [0.15, 0.2) is 5.71 Å². The zero-order valence-electron chi connectivity index (χ0n) is 15.3. The lowest BCUT2D eigenvalue weighted by Gasteiger charge is -2.19. The highest BCUT2D eigenvalue weighted by Crippen LogP contribution is 2.29. The van der Waals surface area contributed by atoms with Crippen molar-refractivity contribution in [2.24, 2.45) is 5.16 Å². The van der Waals surface area contributed by atoms with Crippen LogP contribution in [-0.2, 0) is 15.0 Å². The van der Waals surface area contributed by atoms with Gasteiger partial charge in [-0.05, 0) is 35.2 Å². The Morgan fingerprint density at radius 2 is 1.68 bits per heavy atom. The average Bonchev–Trinajstić information content (AvgIpc) is 2.59. The Morgan fingerprint density at radius 3 is 2.24 bits per heavy atom. The van der Waals surface area contributed by atoms with E-state index in [9.17, 15) is 4.79 Å². The molecule has 0 unspecified atom stereocenters. The summed E-state index contributed by atoms with van der Waals surface area (Å²) in [5.41, 5.74) is 2.02. The van der Waals surface area contributed by atoms with E-state index < -0.39 is 0 Å². The van der Waals surface area contributed by atoms with Gasteiger partial charge in [0.2, 0.25) is 0 Å². The molecule has 0 atom stereocenters.